The van der Waals surface area contributed by atoms with Crippen LogP contribution in [-0.4, -0.2) is 15.3 Å². The van der Waals surface area contributed by atoms with E-state index < -0.39 is 0 Å². The maximum Gasteiger partial charge on any atom is 0.135 e. The Bertz CT molecular complexity index is 253. The van der Waals surface area contributed by atoms with E-state index in [2.05, 4.69) is 9.55 Å². The van der Waals surface area contributed by atoms with Crippen molar-refractivity contribution >= 4 is 5.78 Å². The largest absolute Gasteiger partial charge is 0.334 e. The topological polar surface area (TPSA) is 34.9 Å². The minimum absolute atomic E-state index is 0.357. The van der Waals surface area contributed by atoms with Crippen molar-refractivity contribution in [3.05, 3.63) is 18.2 Å². The molecule has 0 N–H and O–H groups in total. The molecule has 0 aliphatic carbocycles. The zero-order chi connectivity index (χ0) is 7.68. The standard InChI is InChI=1S/C8H10N2O/c11-7-1-2-8-9-4-6-10(8)5-3-7/h4,6H,1-3,5H2. The zero-order valence-corrected chi connectivity index (χ0v) is 6.29. The molecule has 0 saturated heterocycles. The maximum atomic E-state index is 11.0. The van der Waals surface area contributed by atoms with Gasteiger partial charge < -0.3 is 4.57 Å². The Morgan fingerprint density at radius 2 is 2.27 bits per heavy atom. The molecule has 1 aromatic heterocycles. The van der Waals surface area contributed by atoms with E-state index in [-0.39, 0.29) is 0 Å². The van der Waals surface area contributed by atoms with Gasteiger partial charge in [0.05, 0.1) is 0 Å². The maximum absolute atomic E-state index is 11.0. The molecule has 0 unspecified atom stereocenters. The smallest absolute Gasteiger partial charge is 0.135 e. The third-order valence-electron chi connectivity index (χ3n) is 2.06. The second-order valence-electron chi connectivity index (χ2n) is 2.83. The van der Waals surface area contributed by atoms with Gasteiger partial charge in [-0.1, -0.05) is 0 Å². The molecule has 58 valence electrons. The number of imidazole rings is 1. The fourth-order valence-electron chi connectivity index (χ4n) is 1.39. The van der Waals surface area contributed by atoms with Gasteiger partial charge in [-0.3, -0.25) is 4.79 Å². The van der Waals surface area contributed by atoms with E-state index in [9.17, 15) is 4.79 Å². The van der Waals surface area contributed by atoms with E-state index in [0.717, 1.165) is 18.8 Å². The molecular formula is C8H10N2O. The van der Waals surface area contributed by atoms with Crippen molar-refractivity contribution < 1.29 is 4.79 Å². The highest BCUT2D eigenvalue weighted by atomic mass is 16.1. The van der Waals surface area contributed by atoms with Gasteiger partial charge in [0.15, 0.2) is 0 Å². The van der Waals surface area contributed by atoms with Crippen LogP contribution in [0.25, 0.3) is 0 Å². The van der Waals surface area contributed by atoms with Crippen molar-refractivity contribution in [3.8, 4) is 0 Å². The third kappa shape index (κ3) is 1.18. The van der Waals surface area contributed by atoms with Crippen LogP contribution in [-0.2, 0) is 17.8 Å². The predicted octanol–water partition coefficient (Wildman–Crippen LogP) is 0.788. The molecule has 0 fully saturated rings. The van der Waals surface area contributed by atoms with Gasteiger partial charge in [0, 0.05) is 38.2 Å². The van der Waals surface area contributed by atoms with Gasteiger partial charge in [0.1, 0.15) is 11.6 Å². The number of hydrogen-bond donors (Lipinski definition) is 0. The average molecular weight is 150 g/mol. The molecule has 2 heterocycles. The molecule has 0 bridgehead atoms. The van der Waals surface area contributed by atoms with Gasteiger partial charge >= 0.3 is 0 Å². The molecule has 0 atom stereocenters. The highest BCUT2D eigenvalue weighted by molar-refractivity contribution is 5.78. The van der Waals surface area contributed by atoms with Crippen LogP contribution in [0.1, 0.15) is 18.7 Å². The number of aromatic nitrogens is 2. The lowest BCUT2D eigenvalue weighted by molar-refractivity contribution is -0.119. The van der Waals surface area contributed by atoms with Gasteiger partial charge in [0.25, 0.3) is 0 Å². The molecule has 0 spiro atoms. The zero-order valence-electron chi connectivity index (χ0n) is 6.29. The summed E-state index contributed by atoms with van der Waals surface area (Å²) in [6.45, 7) is 0.814. The summed E-state index contributed by atoms with van der Waals surface area (Å²) in [6.07, 6.45) is 5.88. The second kappa shape index (κ2) is 2.49. The highest BCUT2D eigenvalue weighted by Gasteiger charge is 2.11. The van der Waals surface area contributed by atoms with E-state index in [4.69, 9.17) is 0 Å². The van der Waals surface area contributed by atoms with Crippen molar-refractivity contribution in [2.45, 2.75) is 25.8 Å². The summed E-state index contributed by atoms with van der Waals surface area (Å²) < 4.78 is 2.06. The number of Topliss-reactive ketones (excluding diaryl/α,β-unsaturated/α-hetero) is 1. The molecule has 2 rings (SSSR count). The van der Waals surface area contributed by atoms with Crippen LogP contribution in [0.2, 0.25) is 0 Å². The van der Waals surface area contributed by atoms with Crippen molar-refractivity contribution in [2.75, 3.05) is 0 Å². The third-order valence-corrected chi connectivity index (χ3v) is 2.06. The first-order valence-corrected chi connectivity index (χ1v) is 3.88. The molecule has 1 aliphatic rings. The molecule has 1 aromatic rings. The van der Waals surface area contributed by atoms with Gasteiger partial charge in [-0.2, -0.15) is 0 Å². The number of hydrogen-bond acceptors (Lipinski definition) is 2. The fraction of sp³-hybridized carbons (Fsp3) is 0.500. The summed E-state index contributed by atoms with van der Waals surface area (Å²) in [5.74, 6) is 1.41. The lowest BCUT2D eigenvalue weighted by Crippen LogP contribution is -1.99. The quantitative estimate of drug-likeness (QED) is 0.548. The summed E-state index contributed by atoms with van der Waals surface area (Å²) >= 11 is 0. The molecular weight excluding hydrogens is 140 g/mol. The molecule has 11 heavy (non-hydrogen) atoms. The summed E-state index contributed by atoms with van der Waals surface area (Å²) in [5, 5.41) is 0. The number of rotatable bonds is 0. The number of nitrogens with zero attached hydrogens (tertiary/aromatic N) is 2. The van der Waals surface area contributed by atoms with Gasteiger partial charge in [-0.15, -0.1) is 0 Å². The molecule has 0 aromatic carbocycles. The molecule has 3 heteroatoms. The Balaban J connectivity index is 2.27. The van der Waals surface area contributed by atoms with Crippen LogP contribution in [0.5, 0.6) is 0 Å². The Morgan fingerprint density at radius 1 is 1.36 bits per heavy atom. The summed E-state index contributed by atoms with van der Waals surface area (Å²) in [6, 6.07) is 0. The first kappa shape index (κ1) is 6.58. The number of aryl methyl sites for hydroxylation is 2. The van der Waals surface area contributed by atoms with Crippen LogP contribution < -0.4 is 0 Å². The SMILES string of the molecule is O=C1CCc2nccn2CC1. The monoisotopic (exact) mass is 150 g/mol. The van der Waals surface area contributed by atoms with Gasteiger partial charge in [-0.05, 0) is 0 Å². The lowest BCUT2D eigenvalue weighted by Gasteiger charge is -1.98. The van der Waals surface area contributed by atoms with Crippen molar-refractivity contribution in [1.82, 2.24) is 9.55 Å². The summed E-state index contributed by atoms with van der Waals surface area (Å²) in [5.41, 5.74) is 0. The highest BCUT2D eigenvalue weighted by Crippen LogP contribution is 2.09. The number of carbonyl (C=O) groups is 1. The Hall–Kier alpha value is -1.12. The second-order valence-corrected chi connectivity index (χ2v) is 2.83. The van der Waals surface area contributed by atoms with Crippen molar-refractivity contribution in [3.63, 3.8) is 0 Å². The van der Waals surface area contributed by atoms with E-state index in [0.29, 0.717) is 18.6 Å². The Morgan fingerprint density at radius 3 is 3.18 bits per heavy atom. The van der Waals surface area contributed by atoms with Crippen LogP contribution in [0.15, 0.2) is 12.4 Å². The van der Waals surface area contributed by atoms with Crippen LogP contribution in [0, 0.1) is 0 Å². The predicted molar refractivity (Wildman–Crippen MR) is 40.2 cm³/mol. The normalized spacial score (nSPS) is 17.6. The summed E-state index contributed by atoms with van der Waals surface area (Å²) in [4.78, 5) is 15.2. The first-order chi connectivity index (χ1) is 5.36. The van der Waals surface area contributed by atoms with Crippen LogP contribution >= 0.6 is 0 Å². The fourth-order valence-corrected chi connectivity index (χ4v) is 1.39. The Kier molecular flexibility index (Phi) is 1.49. The van der Waals surface area contributed by atoms with E-state index in [1.54, 1.807) is 6.20 Å². The molecule has 0 saturated carbocycles. The first-order valence-electron chi connectivity index (χ1n) is 3.88. The summed E-state index contributed by atoms with van der Waals surface area (Å²) in [7, 11) is 0. The average Bonchev–Trinajstić information content (AvgIpc) is 2.38. The number of carbonyl (C=O) groups excluding carboxylic acids is 1. The van der Waals surface area contributed by atoms with Gasteiger partial charge in [-0.25, -0.2) is 4.98 Å². The van der Waals surface area contributed by atoms with E-state index >= 15 is 0 Å². The lowest BCUT2D eigenvalue weighted by atomic mass is 10.2. The van der Waals surface area contributed by atoms with E-state index in [1.165, 1.54) is 0 Å². The van der Waals surface area contributed by atoms with Crippen LogP contribution in [0.4, 0.5) is 0 Å². The minimum Gasteiger partial charge on any atom is -0.334 e. The van der Waals surface area contributed by atoms with Crippen molar-refractivity contribution in [2.24, 2.45) is 0 Å². The van der Waals surface area contributed by atoms with Crippen LogP contribution in [0.3, 0.4) is 0 Å². The van der Waals surface area contributed by atoms with E-state index in [1.807, 2.05) is 6.20 Å². The number of fused-ring (bicyclic) bond motifs is 1. The Labute approximate surface area is 65.1 Å². The minimum atomic E-state index is 0.357. The molecule has 0 amide bonds. The van der Waals surface area contributed by atoms with Crippen molar-refractivity contribution in [1.29, 1.82) is 0 Å². The molecule has 0 radical (unpaired) electrons. The molecule has 3 nitrogen and oxygen atoms in total. The number of ketones is 1. The van der Waals surface area contributed by atoms with Gasteiger partial charge in [0.2, 0.25) is 0 Å². The molecule has 1 aliphatic heterocycles.